The number of hydrogen-bond donors (Lipinski definition) is 0. The van der Waals surface area contributed by atoms with Gasteiger partial charge in [0.15, 0.2) is 0 Å². The summed E-state index contributed by atoms with van der Waals surface area (Å²) in [5, 5.41) is 0.173. The van der Waals surface area contributed by atoms with Crippen LogP contribution in [-0.2, 0) is 21.3 Å². The number of halogens is 1. The van der Waals surface area contributed by atoms with Gasteiger partial charge in [0.1, 0.15) is 5.76 Å². The van der Waals surface area contributed by atoms with Gasteiger partial charge in [0.25, 0.3) is 5.91 Å². The van der Waals surface area contributed by atoms with Gasteiger partial charge in [-0.2, -0.15) is 4.31 Å². The molecule has 2 aromatic carbocycles. The lowest BCUT2D eigenvalue weighted by Gasteiger charge is -2.26. The number of hydrogen-bond acceptors (Lipinski definition) is 5. The molecule has 0 unspecified atom stereocenters. The number of ether oxygens (including phenoxy) is 1. The number of carbonyl (C=O) groups excluding carboxylic acids is 1. The minimum atomic E-state index is -3.77. The van der Waals surface area contributed by atoms with Gasteiger partial charge < -0.3 is 14.1 Å². The van der Waals surface area contributed by atoms with Crippen LogP contribution in [0.15, 0.2) is 76.2 Å². The molecule has 1 amide bonds. The summed E-state index contributed by atoms with van der Waals surface area (Å²) in [5.41, 5.74) is 0.743. The van der Waals surface area contributed by atoms with Crippen LogP contribution in [0, 0.1) is 0 Å². The maximum Gasteiger partial charge on any atom is 0.260 e. The Morgan fingerprint density at radius 3 is 2.45 bits per heavy atom. The monoisotopic (exact) mass is 460 g/mol. The van der Waals surface area contributed by atoms with Gasteiger partial charge >= 0.3 is 0 Å². The number of sulfonamides is 1. The molecule has 9 heteroatoms. The summed E-state index contributed by atoms with van der Waals surface area (Å²) in [6.07, 6.45) is 1.53. The minimum absolute atomic E-state index is 0.0214. The third-order valence-electron chi connectivity index (χ3n) is 4.98. The zero-order valence-electron chi connectivity index (χ0n) is 16.6. The first-order chi connectivity index (χ1) is 15.0. The van der Waals surface area contributed by atoms with Crippen LogP contribution in [0.4, 0.5) is 5.69 Å². The van der Waals surface area contributed by atoms with Gasteiger partial charge in [-0.3, -0.25) is 4.79 Å². The summed E-state index contributed by atoms with van der Waals surface area (Å²) in [4.78, 5) is 15.0. The molecule has 0 atom stereocenters. The Balaban J connectivity index is 1.71. The summed E-state index contributed by atoms with van der Waals surface area (Å²) in [5.74, 6) is 0.164. The van der Waals surface area contributed by atoms with E-state index in [2.05, 4.69) is 0 Å². The molecular weight excluding hydrogens is 440 g/mol. The molecule has 1 aliphatic heterocycles. The standard InChI is InChI=1S/C22H21ClN2O5S/c23-21-9-8-19(31(27,28)24-10-13-29-14-11-24)15-20(21)22(26)25(16-18-7-4-12-30-18)17-5-2-1-3-6-17/h1-9,12,15H,10-11,13-14,16H2. The Bertz CT molecular complexity index is 1140. The first-order valence-electron chi connectivity index (χ1n) is 9.73. The van der Waals surface area contributed by atoms with Crippen molar-refractivity contribution in [2.45, 2.75) is 11.4 Å². The second kappa shape index (κ2) is 9.23. The minimum Gasteiger partial charge on any atom is -0.467 e. The molecule has 7 nitrogen and oxygen atoms in total. The predicted octanol–water partition coefficient (Wildman–Crippen LogP) is 3.80. The number of para-hydroxylation sites is 1. The van der Waals surface area contributed by atoms with Gasteiger partial charge in [0, 0.05) is 18.8 Å². The van der Waals surface area contributed by atoms with Gasteiger partial charge in [-0.15, -0.1) is 0 Å². The molecule has 3 aromatic rings. The third kappa shape index (κ3) is 4.67. The fourth-order valence-corrected chi connectivity index (χ4v) is 4.99. The van der Waals surface area contributed by atoms with E-state index in [1.54, 1.807) is 24.3 Å². The lowest BCUT2D eigenvalue weighted by atomic mass is 10.1. The van der Waals surface area contributed by atoms with Gasteiger partial charge in [0.2, 0.25) is 10.0 Å². The lowest BCUT2D eigenvalue weighted by Crippen LogP contribution is -2.40. The molecule has 1 aromatic heterocycles. The average molecular weight is 461 g/mol. The molecule has 4 rings (SSSR count). The number of benzene rings is 2. The number of furan rings is 1. The Morgan fingerprint density at radius 1 is 1.03 bits per heavy atom. The molecule has 0 N–H and O–H groups in total. The van der Waals surface area contributed by atoms with E-state index in [1.807, 2.05) is 18.2 Å². The molecule has 1 aliphatic rings. The van der Waals surface area contributed by atoms with Crippen molar-refractivity contribution in [3.63, 3.8) is 0 Å². The van der Waals surface area contributed by atoms with Crippen LogP contribution < -0.4 is 4.90 Å². The molecule has 0 radical (unpaired) electrons. The van der Waals surface area contributed by atoms with E-state index in [1.165, 1.54) is 33.7 Å². The number of carbonyl (C=O) groups is 1. The van der Waals surface area contributed by atoms with Crippen LogP contribution in [0.25, 0.3) is 0 Å². The molecule has 0 spiro atoms. The van der Waals surface area contributed by atoms with E-state index in [-0.39, 0.29) is 35.1 Å². The van der Waals surface area contributed by atoms with Crippen molar-refractivity contribution >= 4 is 33.2 Å². The van der Waals surface area contributed by atoms with E-state index >= 15 is 0 Å². The van der Waals surface area contributed by atoms with E-state index in [4.69, 9.17) is 20.8 Å². The highest BCUT2D eigenvalue weighted by atomic mass is 35.5. The first kappa shape index (κ1) is 21.6. The molecule has 1 saturated heterocycles. The quantitative estimate of drug-likeness (QED) is 0.559. The van der Waals surface area contributed by atoms with Gasteiger partial charge in [-0.1, -0.05) is 29.8 Å². The van der Waals surface area contributed by atoms with E-state index in [0.717, 1.165) is 0 Å². The maximum absolute atomic E-state index is 13.5. The Hall–Kier alpha value is -2.65. The number of rotatable bonds is 6. The van der Waals surface area contributed by atoms with Crippen molar-refractivity contribution in [1.82, 2.24) is 4.31 Å². The fraction of sp³-hybridized carbons (Fsp3) is 0.227. The molecular formula is C22H21ClN2O5S. The Labute approximate surface area is 185 Å². The van der Waals surface area contributed by atoms with E-state index in [0.29, 0.717) is 24.7 Å². The van der Waals surface area contributed by atoms with Crippen LogP contribution in [0.5, 0.6) is 0 Å². The largest absolute Gasteiger partial charge is 0.467 e. The van der Waals surface area contributed by atoms with Crippen molar-refractivity contribution in [2.24, 2.45) is 0 Å². The zero-order chi connectivity index (χ0) is 21.8. The second-order valence-corrected chi connectivity index (χ2v) is 9.31. The van der Waals surface area contributed by atoms with Crippen LogP contribution in [0.3, 0.4) is 0 Å². The fourth-order valence-electron chi connectivity index (χ4n) is 3.36. The third-order valence-corrected chi connectivity index (χ3v) is 7.21. The highest BCUT2D eigenvalue weighted by Crippen LogP contribution is 2.27. The normalized spacial score (nSPS) is 15.0. The van der Waals surface area contributed by atoms with Crippen molar-refractivity contribution in [2.75, 3.05) is 31.2 Å². The van der Waals surface area contributed by atoms with Crippen molar-refractivity contribution in [3.8, 4) is 0 Å². The topological polar surface area (TPSA) is 80.1 Å². The number of nitrogens with zero attached hydrogens (tertiary/aromatic N) is 2. The summed E-state index contributed by atoms with van der Waals surface area (Å²) in [6.45, 7) is 1.38. The Morgan fingerprint density at radius 2 is 1.77 bits per heavy atom. The molecule has 0 bridgehead atoms. The molecule has 1 fully saturated rings. The van der Waals surface area contributed by atoms with Crippen molar-refractivity contribution < 1.29 is 22.4 Å². The summed E-state index contributed by atoms with van der Waals surface area (Å²) < 4.78 is 38.1. The first-order valence-corrected chi connectivity index (χ1v) is 11.6. The van der Waals surface area contributed by atoms with Crippen molar-refractivity contribution in [1.29, 1.82) is 0 Å². The number of morpholine rings is 1. The summed E-state index contributed by atoms with van der Waals surface area (Å²) in [6, 6.07) is 16.8. The Kier molecular flexibility index (Phi) is 6.43. The van der Waals surface area contributed by atoms with E-state index in [9.17, 15) is 13.2 Å². The maximum atomic E-state index is 13.5. The predicted molar refractivity (Wildman–Crippen MR) is 117 cm³/mol. The molecule has 0 aliphatic carbocycles. The van der Waals surface area contributed by atoms with Gasteiger partial charge in [-0.05, 0) is 42.5 Å². The average Bonchev–Trinajstić information content (AvgIpc) is 3.32. The molecule has 2 heterocycles. The highest BCUT2D eigenvalue weighted by molar-refractivity contribution is 7.89. The summed E-state index contributed by atoms with van der Waals surface area (Å²) >= 11 is 6.34. The van der Waals surface area contributed by atoms with Crippen LogP contribution in [0.1, 0.15) is 16.1 Å². The highest BCUT2D eigenvalue weighted by Gasteiger charge is 2.29. The van der Waals surface area contributed by atoms with Gasteiger partial charge in [-0.25, -0.2) is 8.42 Å². The SMILES string of the molecule is O=C(c1cc(S(=O)(=O)N2CCOCC2)ccc1Cl)N(Cc1ccco1)c1ccccc1. The number of anilines is 1. The van der Waals surface area contributed by atoms with E-state index < -0.39 is 15.9 Å². The van der Waals surface area contributed by atoms with Crippen molar-refractivity contribution in [3.05, 3.63) is 83.3 Å². The molecule has 0 saturated carbocycles. The van der Waals surface area contributed by atoms with Crippen LogP contribution in [-0.4, -0.2) is 44.9 Å². The van der Waals surface area contributed by atoms with Crippen LogP contribution >= 0.6 is 11.6 Å². The smallest absolute Gasteiger partial charge is 0.260 e. The zero-order valence-corrected chi connectivity index (χ0v) is 18.2. The molecule has 31 heavy (non-hydrogen) atoms. The second-order valence-electron chi connectivity index (χ2n) is 6.96. The van der Waals surface area contributed by atoms with Crippen LogP contribution in [0.2, 0.25) is 5.02 Å². The molecule has 162 valence electrons. The lowest BCUT2D eigenvalue weighted by molar-refractivity contribution is 0.0730. The summed E-state index contributed by atoms with van der Waals surface area (Å²) in [7, 11) is -3.77. The number of amides is 1. The van der Waals surface area contributed by atoms with Gasteiger partial charge in [0.05, 0.1) is 41.5 Å².